The van der Waals surface area contributed by atoms with Crippen molar-refractivity contribution in [1.29, 1.82) is 0 Å². The van der Waals surface area contributed by atoms with Gasteiger partial charge in [-0.3, -0.25) is 14.8 Å². The number of carbonyl (C=O) groups excluding carboxylic acids is 2. The van der Waals surface area contributed by atoms with E-state index >= 15 is 0 Å². The summed E-state index contributed by atoms with van der Waals surface area (Å²) in [5, 5.41) is 16.9. The Morgan fingerprint density at radius 2 is 0.830 bits per heavy atom. The molecule has 2 N–H and O–H groups in total. The number of phenols is 1. The number of hydrogen-bond donors (Lipinski definition) is 2. The number of imide groups is 1. The molecule has 0 saturated carbocycles. The Balaban J connectivity index is -0.0000000399. The van der Waals surface area contributed by atoms with E-state index in [2.05, 4.69) is 36.2 Å². The maximum Gasteiger partial charge on any atom is 0.374 e. The van der Waals surface area contributed by atoms with Gasteiger partial charge in [0.2, 0.25) is 40.7 Å². The van der Waals surface area contributed by atoms with Gasteiger partial charge >= 0.3 is 8.05 Å². The molecule has 2 aromatic carbocycles. The number of carbonyl (C=O) groups is 2. The largest absolute Gasteiger partial charge is 0.564 e. The van der Waals surface area contributed by atoms with Crippen molar-refractivity contribution in [2.75, 3.05) is 0 Å². The fraction of sp³-hybridized carbons (Fsp3) is 0.417. The van der Waals surface area contributed by atoms with Gasteiger partial charge in [-0.25, -0.2) is 22.0 Å². The Labute approximate surface area is 377 Å². The Hall–Kier alpha value is 1.19. The molecule has 2 aromatic rings. The van der Waals surface area contributed by atoms with Gasteiger partial charge in [0.1, 0.15) is 0 Å². The van der Waals surface area contributed by atoms with E-state index < -0.39 is 81.2 Å². The average Bonchev–Trinajstić information content (AvgIpc) is 3.26. The second-order valence-corrected chi connectivity index (χ2v) is 5.85. The molecule has 0 aromatic heterocycles. The quantitative estimate of drug-likeness (QED) is 0.0852. The number of nitrogens with zero attached hydrogens (tertiary/aromatic N) is 1. The van der Waals surface area contributed by atoms with Crippen LogP contribution in [0.2, 0.25) is 20.5 Å². The molecule has 3 rings (SSSR count). The van der Waals surface area contributed by atoms with Gasteiger partial charge in [0.25, 0.3) is 11.8 Å². The Morgan fingerprint density at radius 1 is 0.596 bits per heavy atom. The smallest absolute Gasteiger partial charge is 0.374 e. The number of rotatable bonds is 1. The van der Waals surface area contributed by atoms with Crippen molar-refractivity contribution in [2.45, 2.75) is 69.9 Å². The molecule has 0 atom stereocenters. The second-order valence-electron chi connectivity index (χ2n) is 5.85. The summed E-state index contributed by atoms with van der Waals surface area (Å²) in [6, 6.07) is 0. The molecular weight excluding hydrogens is 952 g/mol. The summed E-state index contributed by atoms with van der Waals surface area (Å²) in [6.45, 7) is 5.65. The molecule has 1 aliphatic heterocycles. The zero-order valence-corrected chi connectivity index (χ0v) is 34.5. The van der Waals surface area contributed by atoms with Gasteiger partial charge < -0.3 is 9.76 Å². The third-order valence-corrected chi connectivity index (χ3v) is 3.77. The van der Waals surface area contributed by atoms with Gasteiger partial charge in [-0.05, 0) is 6.92 Å². The number of hydrogen-bond acceptors (Lipinski definition) is 5. The van der Waals surface area contributed by atoms with Crippen molar-refractivity contribution in [3.63, 3.8) is 0 Å². The van der Waals surface area contributed by atoms with Gasteiger partial charge in [-0.15, -0.1) is 0 Å². The first-order valence-corrected chi connectivity index (χ1v) is 9.99. The monoisotopic (exact) mass is 988 g/mol. The Bertz CT molecular complexity index is 988. The molecule has 1 fully saturated rings. The fourth-order valence-electron chi connectivity index (χ4n) is 1.98. The molecule has 47 heavy (non-hydrogen) atoms. The molecule has 1 heterocycles. The molecule has 253 valence electrons. The van der Waals surface area contributed by atoms with Gasteiger partial charge in [0, 0.05) is 149 Å². The van der Waals surface area contributed by atoms with Gasteiger partial charge in [0.05, 0.1) is 23.5 Å². The van der Waals surface area contributed by atoms with Crippen LogP contribution in [0.4, 0.5) is 39.5 Å². The molecular formula is C24H35B4F9NO5Y4. The van der Waals surface area contributed by atoms with Crippen LogP contribution in [0.3, 0.4) is 0 Å². The van der Waals surface area contributed by atoms with Crippen molar-refractivity contribution in [3.05, 3.63) is 57.9 Å². The minimum Gasteiger partial charge on any atom is -0.564 e. The summed E-state index contributed by atoms with van der Waals surface area (Å²) >= 11 is 0. The Kier molecular flexibility index (Phi) is 68.7. The van der Waals surface area contributed by atoms with Crippen LogP contribution in [-0.2, 0) is 140 Å². The molecule has 23 heteroatoms. The molecule has 0 unspecified atom stereocenters. The Morgan fingerprint density at radius 3 is 1.02 bits per heavy atom. The third-order valence-electron chi connectivity index (χ3n) is 3.77. The van der Waals surface area contributed by atoms with Gasteiger partial charge in [0.15, 0.2) is 23.1 Å². The zero-order valence-electron chi connectivity index (χ0n) is 23.1. The summed E-state index contributed by atoms with van der Waals surface area (Å²) < 4.78 is 115. The van der Waals surface area contributed by atoms with Crippen LogP contribution in [0.15, 0.2) is 0 Å². The summed E-state index contributed by atoms with van der Waals surface area (Å²) in [6.07, 6.45) is 0.296. The number of phenolic OH excluding ortho intramolecular Hbond substituents is 1. The molecule has 6 nitrogen and oxygen atoms in total. The predicted molar refractivity (Wildman–Crippen MR) is 151 cm³/mol. The van der Waals surface area contributed by atoms with Gasteiger partial charge in [-0.2, -0.15) is 22.6 Å². The molecule has 1 aliphatic rings. The number of hydroxylamine groups is 2. The van der Waals surface area contributed by atoms with E-state index in [1.165, 1.54) is 13.6 Å². The van der Waals surface area contributed by atoms with Crippen molar-refractivity contribution in [1.82, 2.24) is 5.06 Å². The first kappa shape index (κ1) is 77.6. The first-order valence-electron chi connectivity index (χ1n) is 9.99. The van der Waals surface area contributed by atoms with Crippen molar-refractivity contribution < 1.29 is 195 Å². The molecule has 0 aliphatic carbocycles. The average molecular weight is 987 g/mol. The maximum absolute atomic E-state index is 12.7. The fourth-order valence-corrected chi connectivity index (χ4v) is 1.98. The SMILES string of the molecule is C.C.C.C.O=C1CCC(=O)N1O.Oc1c(F)c(F)c(F)c(F)c1F.[BH]C.[B]C.[B]C.[B]Oc1c(F)c(F)c(C)c(F)c1F.[Y].[Y].[Y].[Y]. The summed E-state index contributed by atoms with van der Waals surface area (Å²) in [5.74, 6) is -21.5. The molecule has 0 bridgehead atoms. The van der Waals surface area contributed by atoms with E-state index in [1.807, 2.05) is 0 Å². The summed E-state index contributed by atoms with van der Waals surface area (Å²) in [5.41, 5.74) is -0.754. The maximum atomic E-state index is 12.7. The normalized spacial score (nSPS) is 9.28. The van der Waals surface area contributed by atoms with Crippen LogP contribution in [0.5, 0.6) is 11.5 Å². The summed E-state index contributed by atoms with van der Waals surface area (Å²) in [4.78, 5) is 20.5. The predicted octanol–water partition coefficient (Wildman–Crippen LogP) is 6.50. The first-order chi connectivity index (χ1) is 18.2. The van der Waals surface area contributed by atoms with E-state index in [1.54, 1.807) is 6.82 Å². The third kappa shape index (κ3) is 23.4. The van der Waals surface area contributed by atoms with E-state index in [4.69, 9.17) is 10.3 Å². The van der Waals surface area contributed by atoms with E-state index in [0.29, 0.717) is 0 Å². The number of aromatic hydroxyl groups is 1. The molecule has 11 radical (unpaired) electrons. The van der Waals surface area contributed by atoms with Gasteiger partial charge in [-0.1, -0.05) is 50.2 Å². The van der Waals surface area contributed by atoms with Crippen molar-refractivity contribution in [3.8, 4) is 11.5 Å². The van der Waals surface area contributed by atoms with E-state index in [-0.39, 0.29) is 178 Å². The molecule has 1 saturated heterocycles. The molecule has 2 amide bonds. The number of benzene rings is 2. The zero-order chi connectivity index (χ0) is 31.8. The van der Waals surface area contributed by atoms with Crippen molar-refractivity contribution in [2.24, 2.45) is 0 Å². The topological polar surface area (TPSA) is 87.1 Å². The van der Waals surface area contributed by atoms with Crippen LogP contribution in [0, 0.1) is 59.3 Å². The second kappa shape index (κ2) is 41.6. The molecule has 0 spiro atoms. The minimum absolute atomic E-state index is 0. The minimum atomic E-state index is -2.29. The van der Waals surface area contributed by atoms with Crippen molar-refractivity contribution >= 4 is 43.4 Å². The van der Waals surface area contributed by atoms with Crippen LogP contribution in [-0.4, -0.2) is 58.8 Å². The summed E-state index contributed by atoms with van der Waals surface area (Å²) in [7, 11) is 16.7. The standard InChI is InChI=1S/C7H3BF4O.C6HF5O.C4H5NO3.CH4B.2CH3B.4CH4.4Y/c1-2-3(9)5(11)7(13-8)6(12)4(2)10;7-1-2(8)4(10)6(12)5(11)3(1)9;6-3-1-2-4(7)5(3)8;3*1-2;;;;;;;;/h1H3;12H;8H,1-2H2;2H,1H3;2*1H3;4*1H4;;;;. The van der Waals surface area contributed by atoms with Crippen LogP contribution < -0.4 is 4.65 Å². The number of amides is 2. The van der Waals surface area contributed by atoms with Crippen LogP contribution in [0.1, 0.15) is 48.1 Å². The van der Waals surface area contributed by atoms with E-state index in [9.17, 15) is 49.1 Å². The van der Waals surface area contributed by atoms with E-state index in [0.717, 1.165) is 6.92 Å². The van der Waals surface area contributed by atoms with Crippen LogP contribution in [0.25, 0.3) is 0 Å². The number of halogens is 9. The van der Waals surface area contributed by atoms with Crippen LogP contribution >= 0.6 is 0 Å².